The molecule has 0 spiro atoms. The summed E-state index contributed by atoms with van der Waals surface area (Å²) in [5.41, 5.74) is 29.5. The zero-order valence-corrected chi connectivity index (χ0v) is 86.3. The lowest BCUT2D eigenvalue weighted by atomic mass is 9.95. The number of rotatable bonds is 65. The second-order valence-corrected chi connectivity index (χ2v) is 39.4. The van der Waals surface area contributed by atoms with Crippen molar-refractivity contribution in [2.75, 3.05) is 65.6 Å². The molecule has 822 valence electrons. The van der Waals surface area contributed by atoms with Gasteiger partial charge in [-0.05, 0) is 203 Å². The summed E-state index contributed by atoms with van der Waals surface area (Å²) >= 11 is 0. The highest BCUT2D eigenvalue weighted by Crippen LogP contribution is 2.28. The fourth-order valence-electron chi connectivity index (χ4n) is 16.9. The summed E-state index contributed by atoms with van der Waals surface area (Å²) in [4.78, 5) is 296. The van der Waals surface area contributed by atoms with Gasteiger partial charge in [0.15, 0.2) is 0 Å². The average molecular weight is 2070 g/mol. The summed E-state index contributed by atoms with van der Waals surface area (Å²) < 4.78 is 0. The molecule has 3 fully saturated rings. The van der Waals surface area contributed by atoms with Crippen LogP contribution in [0.25, 0.3) is 0 Å². The van der Waals surface area contributed by atoms with Crippen molar-refractivity contribution in [2.45, 2.75) is 346 Å². The molecule has 0 unspecified atom stereocenters. The molecule has 4 rings (SSSR count). The number of carbonyl (C=O) groups excluding carboxylic acids is 20. The third kappa shape index (κ3) is 41.9. The Kier molecular flexibility index (Phi) is 55.1. The Bertz CT molecular complexity index is 4550. The number of nitrogens with zero attached hydrogens (tertiary/aromatic N) is 3. The molecule has 0 aliphatic carbocycles. The van der Waals surface area contributed by atoms with Crippen LogP contribution in [-0.4, -0.2) is 345 Å². The van der Waals surface area contributed by atoms with Crippen molar-refractivity contribution >= 4 is 124 Å². The van der Waals surface area contributed by atoms with Crippen molar-refractivity contribution in [1.29, 1.82) is 0 Å². The Morgan fingerprint density at radius 2 is 0.781 bits per heavy atom. The number of aliphatic hydroxyl groups excluding tert-OH is 3. The van der Waals surface area contributed by atoms with Crippen LogP contribution >= 0.6 is 0 Å². The van der Waals surface area contributed by atoms with Gasteiger partial charge in [0.2, 0.25) is 118 Å². The van der Waals surface area contributed by atoms with Crippen LogP contribution in [0.5, 0.6) is 5.75 Å². The Hall–Kier alpha value is -12.4. The lowest BCUT2D eigenvalue weighted by Crippen LogP contribution is -2.62. The van der Waals surface area contributed by atoms with Crippen LogP contribution in [0.3, 0.4) is 0 Å². The lowest BCUT2D eigenvalue weighted by Gasteiger charge is -2.33. The molecule has 0 radical (unpaired) electrons. The predicted molar refractivity (Wildman–Crippen MR) is 532 cm³/mol. The van der Waals surface area contributed by atoms with Gasteiger partial charge in [0.05, 0.1) is 38.4 Å². The van der Waals surface area contributed by atoms with Gasteiger partial charge in [-0.25, -0.2) is 4.79 Å². The maximum atomic E-state index is 15.1. The number of phenolic OH excluding ortho intramolecular Hbond substituents is 1. The van der Waals surface area contributed by atoms with Crippen molar-refractivity contribution in [3.05, 3.63) is 29.8 Å². The third-order valence-corrected chi connectivity index (χ3v) is 25.4. The fourth-order valence-corrected chi connectivity index (χ4v) is 16.9. The number of likely N-dealkylation sites (tertiary alicyclic amines) is 3. The molecule has 0 aromatic heterocycles. The molecule has 3 aliphatic heterocycles. The number of nitrogens with two attached hydrogens (primary N) is 5. The maximum absolute atomic E-state index is 15.1. The van der Waals surface area contributed by atoms with Gasteiger partial charge in [-0.3, -0.25) is 95.9 Å². The van der Waals surface area contributed by atoms with Gasteiger partial charge in [0.1, 0.15) is 108 Å². The molecule has 146 heavy (non-hydrogen) atoms. The molecule has 20 atom stereocenters. The average Bonchev–Trinajstić information content (AvgIpc) is 1.65. The molecule has 20 amide bonds. The number of aromatic hydroxyl groups is 1. The smallest absolute Gasteiger partial charge is 0.326 e. The molecule has 0 saturated carbocycles. The minimum atomic E-state index is -1.90. The number of amides is 20. The highest BCUT2D eigenvalue weighted by atomic mass is 16.4. The number of carboxylic acid groups (broad SMARTS) is 1. The molecule has 31 N–H and O–H groups in total. The summed E-state index contributed by atoms with van der Waals surface area (Å²) in [6, 6.07) is -19.8. The largest absolute Gasteiger partial charge is 0.508 e. The van der Waals surface area contributed by atoms with Crippen LogP contribution in [0.4, 0.5) is 0 Å². The number of hydrogen-bond acceptors (Lipinski definition) is 29. The zero-order chi connectivity index (χ0) is 110. The SMILES string of the molecule is CC[C@H](C)[C@H](NC(=O)[C@H](CC(C)C)NC(=O)[C@H](CC(C)C)NC(=O)[C@H](CCCCN)NC(=O)[C@@H]1CCCN1C(=O)[C@@H]1CCCN1C(=O)[C@H](CCC(N)=O)NC(=O)CNC(=O)[C@@H]1CCCN1C(=O)[C@@H](N)CCCCN)C(=O)N[C@@H](Cc1ccc(O)cc1)C(=O)N[C@@H](CCCCN)C(=O)N[C@@H](C)C(=O)N[C@@H](CO)C(=O)N[C@H](C(=O)N[C@@H](CC(C)C)C(=O)N[C@@H](C)C(=O)N[C@@H](CO)C(=O)NCC(=O)N[C@H](C(=O)O)C(C)C)[C@@H](C)O. The molecule has 1 aromatic carbocycles. The van der Waals surface area contributed by atoms with Crippen LogP contribution < -0.4 is 114 Å². The van der Waals surface area contributed by atoms with Crippen LogP contribution in [0.15, 0.2) is 24.3 Å². The first-order valence-corrected chi connectivity index (χ1v) is 50.6. The van der Waals surface area contributed by atoms with Crippen LogP contribution in [-0.2, 0) is 107 Å². The number of carbonyl (C=O) groups is 21. The van der Waals surface area contributed by atoms with Crippen molar-refractivity contribution in [3.63, 3.8) is 0 Å². The molecule has 0 bridgehead atoms. The Morgan fingerprint density at radius 1 is 0.390 bits per heavy atom. The summed E-state index contributed by atoms with van der Waals surface area (Å²) in [6.07, 6.45) is 1.99. The lowest BCUT2D eigenvalue weighted by molar-refractivity contribution is -0.148. The fraction of sp³-hybridized carbons (Fsp3) is 0.719. The van der Waals surface area contributed by atoms with Gasteiger partial charge in [-0.1, -0.05) is 94.2 Å². The van der Waals surface area contributed by atoms with E-state index in [2.05, 4.69) is 85.1 Å². The zero-order valence-electron chi connectivity index (χ0n) is 86.3. The van der Waals surface area contributed by atoms with E-state index in [-0.39, 0.29) is 133 Å². The molecule has 3 aliphatic rings. The van der Waals surface area contributed by atoms with E-state index < -0.39 is 277 Å². The highest BCUT2D eigenvalue weighted by molar-refractivity contribution is 6.02. The van der Waals surface area contributed by atoms with E-state index in [0.717, 1.165) is 6.92 Å². The standard InChI is InChI=1S/C96H162N24O26/c1-14-54(10)77(116-87(136)66(44-52(6)7)110-85(134)65(43-51(4)5)109-83(132)62(26-17-20-38-99)108-90(139)71-28-22-40-119(71)95(144)72-29-23-41-120(72)94(143)63(34-35-73(101)125)106-74(126)46-103-89(138)70-27-21-39-118(70)93(142)60(100)24-15-18-36-97)91(140)112-67(45-58-30-32-59(124)33-31-58)86(135)107-61(25-16-19-37-98)82(131)104-55(11)80(129)114-69(49-122)88(137)117-78(57(13)123)92(141)111-64(42-50(2)3)84(133)105-56(12)79(128)113-68(48-121)81(130)102-47-75(127)115-76(53(8)9)96(145)146/h30-33,50-57,60-72,76-78,121-124H,14-29,34-49,97-100H2,1-13H3,(H2,101,125)(H,102,130)(H,103,138)(H,104,131)(H,105,133)(H,106,126)(H,107,135)(H,108,139)(H,109,132)(H,110,134)(H,111,141)(H,112,140)(H,113,128)(H,114,129)(H,115,127)(H,116,136)(H,117,137)(H,145,146)/t54-,55-,56-,57+,60-,61-,62-,63-,64-,65-,66-,67-,68-,69-,70-,71-,72-,76-,77-,78-/m0/s1. The monoisotopic (exact) mass is 2070 g/mol. The topological polar surface area (TPSA) is 792 Å². The van der Waals surface area contributed by atoms with Gasteiger partial charge in [0.25, 0.3) is 0 Å². The van der Waals surface area contributed by atoms with Crippen molar-refractivity contribution < 1.29 is 126 Å². The quantitative estimate of drug-likeness (QED) is 0.0270. The molecular formula is C96H162N24O26. The number of unbranched alkanes of at least 4 members (excludes halogenated alkanes) is 3. The Morgan fingerprint density at radius 3 is 1.26 bits per heavy atom. The van der Waals surface area contributed by atoms with Crippen molar-refractivity contribution in [2.24, 2.45) is 58.3 Å². The van der Waals surface area contributed by atoms with E-state index in [9.17, 15) is 121 Å². The minimum absolute atomic E-state index is 0.00540. The van der Waals surface area contributed by atoms with Crippen LogP contribution in [0, 0.1) is 29.6 Å². The van der Waals surface area contributed by atoms with E-state index in [1.54, 1.807) is 69.2 Å². The number of primary amides is 1. The van der Waals surface area contributed by atoms with E-state index in [1.807, 2.05) is 0 Å². The highest BCUT2D eigenvalue weighted by Gasteiger charge is 2.47. The number of hydrogen-bond donors (Lipinski definition) is 26. The summed E-state index contributed by atoms with van der Waals surface area (Å²) in [7, 11) is 0. The second kappa shape index (κ2) is 63.9. The number of phenols is 1. The summed E-state index contributed by atoms with van der Waals surface area (Å²) in [5, 5.41) is 91.1. The first kappa shape index (κ1) is 126. The van der Waals surface area contributed by atoms with E-state index in [1.165, 1.54) is 52.8 Å². The van der Waals surface area contributed by atoms with Crippen molar-refractivity contribution in [3.8, 4) is 5.75 Å². The predicted octanol–water partition coefficient (Wildman–Crippen LogP) is -6.76. The van der Waals surface area contributed by atoms with E-state index in [0.29, 0.717) is 76.3 Å². The minimum Gasteiger partial charge on any atom is -0.508 e. The van der Waals surface area contributed by atoms with Gasteiger partial charge in [-0.2, -0.15) is 0 Å². The second-order valence-electron chi connectivity index (χ2n) is 39.4. The Balaban J connectivity index is 1.51. The molecule has 3 heterocycles. The van der Waals surface area contributed by atoms with E-state index in [4.69, 9.17) is 28.7 Å². The van der Waals surface area contributed by atoms with E-state index >= 15 is 4.79 Å². The van der Waals surface area contributed by atoms with Gasteiger partial charge >= 0.3 is 5.97 Å². The molecule has 50 heteroatoms. The molecule has 1 aromatic rings. The van der Waals surface area contributed by atoms with Gasteiger partial charge in [-0.15, -0.1) is 0 Å². The first-order chi connectivity index (χ1) is 68.9. The molecular weight excluding hydrogens is 1910 g/mol. The maximum Gasteiger partial charge on any atom is 0.326 e. The number of benzene rings is 1. The van der Waals surface area contributed by atoms with Crippen molar-refractivity contribution in [1.82, 2.24) is 99.8 Å². The number of aliphatic hydroxyl groups is 3. The number of carboxylic acids is 1. The van der Waals surface area contributed by atoms with Crippen LogP contribution in [0.1, 0.15) is 230 Å². The number of aliphatic carboxylic acids is 1. The van der Waals surface area contributed by atoms with Gasteiger partial charge < -0.3 is 154 Å². The van der Waals surface area contributed by atoms with Crippen LogP contribution in [0.2, 0.25) is 0 Å². The summed E-state index contributed by atoms with van der Waals surface area (Å²) in [6.45, 7) is 18.1. The summed E-state index contributed by atoms with van der Waals surface area (Å²) in [5.74, 6) is -21.1. The number of nitrogens with one attached hydrogen (secondary N) is 16. The normalized spacial score (nSPS) is 18.0. The first-order valence-electron chi connectivity index (χ1n) is 50.6. The molecule has 3 saturated heterocycles. The molecule has 50 nitrogen and oxygen atoms in total. The Labute approximate surface area is 851 Å². The van der Waals surface area contributed by atoms with Gasteiger partial charge in [0, 0.05) is 32.5 Å². The third-order valence-electron chi connectivity index (χ3n) is 25.4.